The number of hydrogen-bond acceptors (Lipinski definition) is 4. The number of oxazole rings is 1. The van der Waals surface area contributed by atoms with Crippen molar-refractivity contribution in [3.05, 3.63) is 66.7 Å². The Morgan fingerprint density at radius 2 is 1.88 bits per heavy atom. The molecule has 6 heteroatoms. The summed E-state index contributed by atoms with van der Waals surface area (Å²) in [6.45, 7) is 0.220. The average Bonchev–Trinajstić information content (AvgIpc) is 3.09. The van der Waals surface area contributed by atoms with E-state index >= 15 is 0 Å². The van der Waals surface area contributed by atoms with Gasteiger partial charge in [-0.05, 0) is 24.3 Å². The zero-order valence-corrected chi connectivity index (χ0v) is 13.2. The van der Waals surface area contributed by atoms with Gasteiger partial charge in [0.05, 0.1) is 6.20 Å². The number of hydrogen-bond donors (Lipinski definition) is 1. The summed E-state index contributed by atoms with van der Waals surface area (Å²) in [6, 6.07) is 16.3. The highest BCUT2D eigenvalue weighted by Crippen LogP contribution is 2.22. The maximum atomic E-state index is 11.1. The lowest BCUT2D eigenvalue weighted by molar-refractivity contribution is 0.255. The molecule has 0 fully saturated rings. The molecule has 0 saturated carbocycles. The van der Waals surface area contributed by atoms with Crippen molar-refractivity contribution in [2.24, 2.45) is 5.73 Å². The van der Waals surface area contributed by atoms with Crippen molar-refractivity contribution in [3.63, 3.8) is 0 Å². The summed E-state index contributed by atoms with van der Waals surface area (Å²) in [5, 5.41) is 0. The standard InChI is InChI=1S/C18H17N3O3/c1-21(18(19)22)14-7-9-15(10-8-14)23-12-17-20-11-16(24-17)13-5-3-2-4-6-13/h2-11H,12H2,1H3,(H2,19,22). The van der Waals surface area contributed by atoms with Crippen molar-refractivity contribution < 1.29 is 13.9 Å². The highest BCUT2D eigenvalue weighted by atomic mass is 16.5. The van der Waals surface area contributed by atoms with E-state index in [1.165, 1.54) is 4.90 Å². The van der Waals surface area contributed by atoms with Gasteiger partial charge >= 0.3 is 6.03 Å². The first-order valence-electron chi connectivity index (χ1n) is 7.39. The Morgan fingerprint density at radius 3 is 2.54 bits per heavy atom. The van der Waals surface area contributed by atoms with Crippen LogP contribution in [-0.2, 0) is 6.61 Å². The van der Waals surface area contributed by atoms with Crippen molar-refractivity contribution in [1.82, 2.24) is 4.98 Å². The Labute approximate surface area is 139 Å². The van der Waals surface area contributed by atoms with Crippen molar-refractivity contribution in [1.29, 1.82) is 0 Å². The normalized spacial score (nSPS) is 10.4. The summed E-state index contributed by atoms with van der Waals surface area (Å²) < 4.78 is 11.3. The van der Waals surface area contributed by atoms with E-state index in [1.807, 2.05) is 30.3 Å². The van der Waals surface area contributed by atoms with E-state index in [0.717, 1.165) is 5.56 Å². The van der Waals surface area contributed by atoms with E-state index in [-0.39, 0.29) is 6.61 Å². The van der Waals surface area contributed by atoms with Crippen molar-refractivity contribution in [3.8, 4) is 17.1 Å². The van der Waals surface area contributed by atoms with E-state index in [1.54, 1.807) is 37.5 Å². The Morgan fingerprint density at radius 1 is 1.17 bits per heavy atom. The maximum Gasteiger partial charge on any atom is 0.318 e. The number of carbonyl (C=O) groups is 1. The second-order valence-electron chi connectivity index (χ2n) is 5.16. The number of anilines is 1. The summed E-state index contributed by atoms with van der Waals surface area (Å²) in [4.78, 5) is 16.7. The summed E-state index contributed by atoms with van der Waals surface area (Å²) in [7, 11) is 1.61. The molecule has 1 aromatic heterocycles. The second kappa shape index (κ2) is 6.87. The molecular weight excluding hydrogens is 306 g/mol. The molecule has 6 nitrogen and oxygen atoms in total. The summed E-state index contributed by atoms with van der Waals surface area (Å²) in [6.07, 6.45) is 1.68. The minimum Gasteiger partial charge on any atom is -0.484 e. The lowest BCUT2D eigenvalue weighted by Gasteiger charge is -2.14. The Bertz CT molecular complexity index is 813. The fraction of sp³-hybridized carbons (Fsp3) is 0.111. The summed E-state index contributed by atoms with van der Waals surface area (Å²) in [5.74, 6) is 1.84. The number of ether oxygens (including phenoxy) is 1. The molecule has 1 heterocycles. The molecule has 3 aromatic rings. The van der Waals surface area contributed by atoms with Gasteiger partial charge in [-0.3, -0.25) is 4.90 Å². The first-order chi connectivity index (χ1) is 11.6. The number of amides is 2. The quantitative estimate of drug-likeness (QED) is 0.780. The predicted octanol–water partition coefficient (Wildman–Crippen LogP) is 3.44. The third-order valence-corrected chi connectivity index (χ3v) is 3.53. The van der Waals surface area contributed by atoms with Gasteiger partial charge in [-0.1, -0.05) is 30.3 Å². The SMILES string of the molecule is CN(C(N)=O)c1ccc(OCc2ncc(-c3ccccc3)o2)cc1. The molecule has 2 aromatic carbocycles. The fourth-order valence-corrected chi connectivity index (χ4v) is 2.15. The first kappa shape index (κ1) is 15.6. The molecule has 0 aliphatic rings. The van der Waals surface area contributed by atoms with Gasteiger partial charge in [-0.15, -0.1) is 0 Å². The molecule has 0 saturated heterocycles. The Balaban J connectivity index is 1.62. The number of urea groups is 1. The van der Waals surface area contributed by atoms with Gasteiger partial charge in [-0.25, -0.2) is 9.78 Å². The lowest BCUT2D eigenvalue weighted by Crippen LogP contribution is -2.31. The third kappa shape index (κ3) is 3.55. The molecule has 0 radical (unpaired) electrons. The highest BCUT2D eigenvalue weighted by Gasteiger charge is 2.08. The number of aromatic nitrogens is 1. The van der Waals surface area contributed by atoms with Crippen LogP contribution in [0.5, 0.6) is 5.75 Å². The minimum absolute atomic E-state index is 0.220. The zero-order valence-electron chi connectivity index (χ0n) is 13.2. The molecule has 0 aliphatic carbocycles. The van der Waals surface area contributed by atoms with Crippen molar-refractivity contribution in [2.75, 3.05) is 11.9 Å². The van der Waals surface area contributed by atoms with Crippen LogP contribution in [0.2, 0.25) is 0 Å². The number of nitrogens with zero attached hydrogens (tertiary/aromatic N) is 2. The number of primary amides is 1. The first-order valence-corrected chi connectivity index (χ1v) is 7.39. The predicted molar refractivity (Wildman–Crippen MR) is 90.7 cm³/mol. The minimum atomic E-state index is -0.517. The Kier molecular flexibility index (Phi) is 4.47. The van der Waals surface area contributed by atoms with E-state index in [0.29, 0.717) is 23.1 Å². The molecular formula is C18H17N3O3. The lowest BCUT2D eigenvalue weighted by atomic mass is 10.2. The van der Waals surface area contributed by atoms with Crippen LogP contribution in [0.15, 0.2) is 65.2 Å². The van der Waals surface area contributed by atoms with Crippen LogP contribution in [0.4, 0.5) is 10.5 Å². The fourth-order valence-electron chi connectivity index (χ4n) is 2.15. The van der Waals surface area contributed by atoms with Crippen LogP contribution in [-0.4, -0.2) is 18.1 Å². The molecule has 0 spiro atoms. The molecule has 0 bridgehead atoms. The van der Waals surface area contributed by atoms with Gasteiger partial charge in [0.1, 0.15) is 5.75 Å². The second-order valence-corrected chi connectivity index (χ2v) is 5.16. The van der Waals surface area contributed by atoms with Gasteiger partial charge < -0.3 is 14.9 Å². The van der Waals surface area contributed by atoms with Crippen LogP contribution < -0.4 is 15.4 Å². The van der Waals surface area contributed by atoms with Crippen LogP contribution >= 0.6 is 0 Å². The smallest absolute Gasteiger partial charge is 0.318 e. The van der Waals surface area contributed by atoms with E-state index in [2.05, 4.69) is 4.98 Å². The maximum absolute atomic E-state index is 11.1. The van der Waals surface area contributed by atoms with E-state index in [4.69, 9.17) is 14.9 Å². The number of carbonyl (C=O) groups excluding carboxylic acids is 1. The van der Waals surface area contributed by atoms with Crippen LogP contribution in [0, 0.1) is 0 Å². The molecule has 2 N–H and O–H groups in total. The van der Waals surface area contributed by atoms with E-state index in [9.17, 15) is 4.79 Å². The molecule has 24 heavy (non-hydrogen) atoms. The number of nitrogens with two attached hydrogens (primary N) is 1. The molecule has 0 unspecified atom stereocenters. The molecule has 0 atom stereocenters. The van der Waals surface area contributed by atoms with Gasteiger partial charge in [0.2, 0.25) is 5.89 Å². The number of benzene rings is 2. The van der Waals surface area contributed by atoms with Crippen LogP contribution in [0.3, 0.4) is 0 Å². The van der Waals surface area contributed by atoms with Crippen LogP contribution in [0.25, 0.3) is 11.3 Å². The van der Waals surface area contributed by atoms with Gasteiger partial charge in [0.15, 0.2) is 12.4 Å². The van der Waals surface area contributed by atoms with Gasteiger partial charge in [0, 0.05) is 18.3 Å². The third-order valence-electron chi connectivity index (χ3n) is 3.53. The number of rotatable bonds is 5. The molecule has 2 amide bonds. The summed E-state index contributed by atoms with van der Waals surface area (Å²) >= 11 is 0. The highest BCUT2D eigenvalue weighted by molar-refractivity contribution is 5.90. The monoisotopic (exact) mass is 323 g/mol. The largest absolute Gasteiger partial charge is 0.484 e. The zero-order chi connectivity index (χ0) is 16.9. The van der Waals surface area contributed by atoms with Crippen LogP contribution in [0.1, 0.15) is 5.89 Å². The van der Waals surface area contributed by atoms with Gasteiger partial charge in [-0.2, -0.15) is 0 Å². The topological polar surface area (TPSA) is 81.6 Å². The summed E-state index contributed by atoms with van der Waals surface area (Å²) in [5.41, 5.74) is 6.89. The molecule has 3 rings (SSSR count). The van der Waals surface area contributed by atoms with Gasteiger partial charge in [0.25, 0.3) is 0 Å². The van der Waals surface area contributed by atoms with E-state index < -0.39 is 6.03 Å². The molecule has 122 valence electrons. The molecule has 0 aliphatic heterocycles. The van der Waals surface area contributed by atoms with Crippen molar-refractivity contribution >= 4 is 11.7 Å². The Hall–Kier alpha value is -3.28. The van der Waals surface area contributed by atoms with Crippen molar-refractivity contribution in [2.45, 2.75) is 6.61 Å². The average molecular weight is 323 g/mol.